The minimum Gasteiger partial charge on any atom is -0.391 e. The van der Waals surface area contributed by atoms with E-state index >= 15 is 0 Å². The number of nitrogens with zero attached hydrogens (tertiary/aromatic N) is 1. The Kier molecular flexibility index (Phi) is 8.09. The van der Waals surface area contributed by atoms with E-state index < -0.39 is 6.10 Å². The van der Waals surface area contributed by atoms with Crippen molar-refractivity contribution in [3.63, 3.8) is 0 Å². The Morgan fingerprint density at radius 1 is 1.40 bits per heavy atom. The van der Waals surface area contributed by atoms with Crippen LogP contribution in [-0.4, -0.2) is 42.8 Å². The number of hydrogen-bond donors (Lipinski definition) is 2. The van der Waals surface area contributed by atoms with Crippen molar-refractivity contribution in [2.45, 2.75) is 45.1 Å². The van der Waals surface area contributed by atoms with E-state index in [0.717, 1.165) is 19.3 Å². The lowest BCUT2D eigenvalue weighted by Crippen LogP contribution is -2.39. The summed E-state index contributed by atoms with van der Waals surface area (Å²) in [7, 11) is 3.28. The molecule has 1 unspecified atom stereocenters. The second-order valence-corrected chi connectivity index (χ2v) is 3.94. The first-order chi connectivity index (χ1) is 7.11. The highest BCUT2D eigenvalue weighted by molar-refractivity contribution is 5.73. The average Bonchev–Trinajstić information content (AvgIpc) is 2.23. The number of aliphatic hydroxyl groups is 1. The fourth-order valence-electron chi connectivity index (χ4n) is 1.49. The number of likely N-dealkylation sites (N-methyl/N-ethyl adjacent to an activating group) is 1. The standard InChI is InChI=1S/C11H24N2O2/c1-4-5-6-7-8-10(14)9-13(3)11(15)12-2/h10,14H,4-9H2,1-3H3,(H,12,15). The van der Waals surface area contributed by atoms with Crippen LogP contribution in [-0.2, 0) is 0 Å². The summed E-state index contributed by atoms with van der Waals surface area (Å²) in [5.41, 5.74) is 0. The molecule has 0 radical (unpaired) electrons. The second kappa shape index (κ2) is 8.53. The number of aliphatic hydroxyl groups excluding tert-OH is 1. The van der Waals surface area contributed by atoms with Crippen LogP contribution >= 0.6 is 0 Å². The summed E-state index contributed by atoms with van der Waals surface area (Å²) < 4.78 is 0. The molecular formula is C11H24N2O2. The minimum atomic E-state index is -0.399. The number of urea groups is 1. The van der Waals surface area contributed by atoms with E-state index in [1.54, 1.807) is 14.1 Å². The number of carbonyl (C=O) groups is 1. The molecule has 0 rings (SSSR count). The van der Waals surface area contributed by atoms with Gasteiger partial charge in [0.25, 0.3) is 0 Å². The third-order valence-electron chi connectivity index (χ3n) is 2.44. The Morgan fingerprint density at radius 3 is 2.60 bits per heavy atom. The third kappa shape index (κ3) is 7.19. The Hall–Kier alpha value is -0.770. The lowest BCUT2D eigenvalue weighted by molar-refractivity contribution is 0.121. The van der Waals surface area contributed by atoms with E-state index in [4.69, 9.17) is 0 Å². The van der Waals surface area contributed by atoms with Crippen molar-refractivity contribution >= 4 is 6.03 Å². The van der Waals surface area contributed by atoms with E-state index in [1.807, 2.05) is 0 Å². The first kappa shape index (κ1) is 14.2. The fourth-order valence-corrected chi connectivity index (χ4v) is 1.49. The highest BCUT2D eigenvalue weighted by Gasteiger charge is 2.11. The van der Waals surface area contributed by atoms with Crippen LogP contribution in [0.5, 0.6) is 0 Å². The smallest absolute Gasteiger partial charge is 0.316 e. The van der Waals surface area contributed by atoms with E-state index in [1.165, 1.54) is 17.7 Å². The van der Waals surface area contributed by atoms with E-state index in [0.29, 0.717) is 6.54 Å². The van der Waals surface area contributed by atoms with Gasteiger partial charge in [0.1, 0.15) is 0 Å². The molecule has 0 aliphatic carbocycles. The number of nitrogens with one attached hydrogen (secondary N) is 1. The summed E-state index contributed by atoms with van der Waals surface area (Å²) in [6.45, 7) is 2.57. The molecule has 2 amide bonds. The maximum atomic E-state index is 11.1. The van der Waals surface area contributed by atoms with Crippen LogP contribution in [0.4, 0.5) is 4.79 Å². The van der Waals surface area contributed by atoms with Crippen molar-refractivity contribution in [2.24, 2.45) is 0 Å². The molecule has 0 aliphatic rings. The predicted molar refractivity (Wildman–Crippen MR) is 61.9 cm³/mol. The number of rotatable bonds is 7. The predicted octanol–water partition coefficient (Wildman–Crippen LogP) is 1.59. The van der Waals surface area contributed by atoms with Crippen molar-refractivity contribution in [2.75, 3.05) is 20.6 Å². The third-order valence-corrected chi connectivity index (χ3v) is 2.44. The quantitative estimate of drug-likeness (QED) is 0.635. The van der Waals surface area contributed by atoms with E-state index in [2.05, 4.69) is 12.2 Å². The van der Waals surface area contributed by atoms with Crippen LogP contribution in [0.25, 0.3) is 0 Å². The topological polar surface area (TPSA) is 52.6 Å². The molecule has 0 saturated carbocycles. The van der Waals surface area contributed by atoms with Gasteiger partial charge in [0.15, 0.2) is 0 Å². The van der Waals surface area contributed by atoms with Gasteiger partial charge in [-0.25, -0.2) is 4.79 Å². The molecule has 0 fully saturated rings. The molecule has 0 saturated heterocycles. The zero-order valence-electron chi connectivity index (χ0n) is 10.1. The van der Waals surface area contributed by atoms with Crippen molar-refractivity contribution in [3.05, 3.63) is 0 Å². The van der Waals surface area contributed by atoms with Crippen LogP contribution in [0, 0.1) is 0 Å². The Morgan fingerprint density at radius 2 is 2.07 bits per heavy atom. The van der Waals surface area contributed by atoms with Gasteiger partial charge in [0.2, 0.25) is 0 Å². The summed E-state index contributed by atoms with van der Waals surface area (Å²) in [4.78, 5) is 12.6. The molecule has 15 heavy (non-hydrogen) atoms. The molecule has 0 aliphatic heterocycles. The lowest BCUT2D eigenvalue weighted by Gasteiger charge is -2.20. The van der Waals surface area contributed by atoms with Gasteiger partial charge < -0.3 is 15.3 Å². The average molecular weight is 216 g/mol. The molecule has 0 spiro atoms. The van der Waals surface area contributed by atoms with Gasteiger partial charge in [-0.05, 0) is 6.42 Å². The highest BCUT2D eigenvalue weighted by Crippen LogP contribution is 2.06. The molecule has 4 nitrogen and oxygen atoms in total. The van der Waals surface area contributed by atoms with Gasteiger partial charge >= 0.3 is 6.03 Å². The minimum absolute atomic E-state index is 0.150. The first-order valence-electron chi connectivity index (χ1n) is 5.72. The SMILES string of the molecule is CCCCCCC(O)CN(C)C(=O)NC. The zero-order chi connectivity index (χ0) is 11.7. The van der Waals surface area contributed by atoms with Gasteiger partial charge in [0, 0.05) is 20.6 Å². The van der Waals surface area contributed by atoms with Crippen LogP contribution < -0.4 is 5.32 Å². The Bertz CT molecular complexity index is 174. The van der Waals surface area contributed by atoms with Gasteiger partial charge in [-0.15, -0.1) is 0 Å². The first-order valence-corrected chi connectivity index (χ1v) is 5.72. The maximum Gasteiger partial charge on any atom is 0.316 e. The van der Waals surface area contributed by atoms with Gasteiger partial charge in [0.05, 0.1) is 6.10 Å². The summed E-state index contributed by atoms with van der Waals surface area (Å²) >= 11 is 0. The number of amides is 2. The van der Waals surface area contributed by atoms with Gasteiger partial charge in [-0.3, -0.25) is 0 Å². The summed E-state index contributed by atoms with van der Waals surface area (Å²) in [5.74, 6) is 0. The van der Waals surface area contributed by atoms with Crippen molar-refractivity contribution in [3.8, 4) is 0 Å². The van der Waals surface area contributed by atoms with Gasteiger partial charge in [-0.2, -0.15) is 0 Å². The molecule has 0 aromatic rings. The van der Waals surface area contributed by atoms with Crippen molar-refractivity contribution < 1.29 is 9.90 Å². The normalized spacial score (nSPS) is 12.3. The summed E-state index contributed by atoms with van der Waals surface area (Å²) in [6.07, 6.45) is 5.01. The van der Waals surface area contributed by atoms with Crippen LogP contribution in [0.15, 0.2) is 0 Å². The number of unbranched alkanes of at least 4 members (excludes halogenated alkanes) is 3. The summed E-state index contributed by atoms with van der Waals surface area (Å²) in [6, 6.07) is -0.150. The molecular weight excluding hydrogens is 192 g/mol. The molecule has 0 aromatic heterocycles. The summed E-state index contributed by atoms with van der Waals surface area (Å²) in [5, 5.41) is 12.2. The number of carbonyl (C=O) groups excluding carboxylic acids is 1. The van der Waals surface area contributed by atoms with Crippen molar-refractivity contribution in [1.82, 2.24) is 10.2 Å². The largest absolute Gasteiger partial charge is 0.391 e. The van der Waals surface area contributed by atoms with Crippen LogP contribution in [0.1, 0.15) is 39.0 Å². The highest BCUT2D eigenvalue weighted by atomic mass is 16.3. The monoisotopic (exact) mass is 216 g/mol. The number of hydrogen-bond acceptors (Lipinski definition) is 2. The fraction of sp³-hybridized carbons (Fsp3) is 0.909. The molecule has 0 aromatic carbocycles. The molecule has 4 heteroatoms. The van der Waals surface area contributed by atoms with Gasteiger partial charge in [-0.1, -0.05) is 32.6 Å². The zero-order valence-corrected chi connectivity index (χ0v) is 10.1. The molecule has 1 atom stereocenters. The maximum absolute atomic E-state index is 11.1. The van der Waals surface area contributed by atoms with E-state index in [9.17, 15) is 9.90 Å². The van der Waals surface area contributed by atoms with Crippen LogP contribution in [0.3, 0.4) is 0 Å². The van der Waals surface area contributed by atoms with Crippen LogP contribution in [0.2, 0.25) is 0 Å². The van der Waals surface area contributed by atoms with Crippen molar-refractivity contribution in [1.29, 1.82) is 0 Å². The van der Waals surface area contributed by atoms with E-state index in [-0.39, 0.29) is 6.03 Å². The molecule has 90 valence electrons. The second-order valence-electron chi connectivity index (χ2n) is 3.94. The Labute approximate surface area is 92.7 Å². The molecule has 0 heterocycles. The lowest BCUT2D eigenvalue weighted by atomic mass is 10.1. The Balaban J connectivity index is 3.55. The molecule has 0 bridgehead atoms. The molecule has 2 N–H and O–H groups in total.